The second kappa shape index (κ2) is 6.01. The highest BCUT2D eigenvalue weighted by Gasteiger charge is 2.06. The lowest BCUT2D eigenvalue weighted by molar-refractivity contribution is 0.0983. The topological polar surface area (TPSA) is 26.3 Å². The molecule has 2 atom stereocenters. The van der Waals surface area contributed by atoms with Gasteiger partial charge in [0.15, 0.2) is 5.78 Å². The summed E-state index contributed by atoms with van der Waals surface area (Å²) in [5.41, 5.74) is 1.10. The second-order valence-corrected chi connectivity index (χ2v) is 3.84. The fourth-order valence-electron chi connectivity index (χ4n) is 1.59. The van der Waals surface area contributed by atoms with Gasteiger partial charge in [-0.3, -0.25) is 4.79 Å². The van der Waals surface area contributed by atoms with Gasteiger partial charge in [-0.15, -0.1) is 0 Å². The number of hydrogen-bond donors (Lipinski definition) is 0. The molecule has 0 spiro atoms. The molecule has 0 heterocycles. The van der Waals surface area contributed by atoms with E-state index in [1.807, 2.05) is 6.07 Å². The number of ether oxygens (including phenoxy) is 1. The van der Waals surface area contributed by atoms with Crippen molar-refractivity contribution in [2.45, 2.75) is 12.8 Å². The molecular formula is C16H16O2. The zero-order chi connectivity index (χ0) is 14.5. The van der Waals surface area contributed by atoms with E-state index in [4.69, 9.17) is 7.48 Å². The van der Waals surface area contributed by atoms with Crippen molar-refractivity contribution in [3.63, 3.8) is 0 Å². The van der Waals surface area contributed by atoms with Crippen LogP contribution in [0.15, 0.2) is 54.6 Å². The SMILES string of the molecule is [2H]C(C(=O)c1ccc(OC)cc1)C([2H])c1ccccc1. The minimum absolute atomic E-state index is 0.350. The Bertz CT molecular complexity index is 567. The van der Waals surface area contributed by atoms with Crippen molar-refractivity contribution in [1.82, 2.24) is 0 Å². The summed E-state index contributed by atoms with van der Waals surface area (Å²) in [7, 11) is 1.55. The van der Waals surface area contributed by atoms with Gasteiger partial charge in [-0.1, -0.05) is 30.3 Å². The standard InChI is InChI=1S/C16H16O2/c1-18-15-10-8-14(9-11-15)16(17)12-7-13-5-3-2-4-6-13/h2-6,8-11H,7,12H2,1H3/i7D,12D. The molecule has 0 radical (unpaired) electrons. The summed E-state index contributed by atoms with van der Waals surface area (Å²) in [5, 5.41) is 0. The first-order chi connectivity index (χ1) is 9.63. The number of carbonyl (C=O) groups excluding carboxylic acids is 1. The molecule has 2 unspecified atom stereocenters. The second-order valence-electron chi connectivity index (χ2n) is 3.84. The minimum Gasteiger partial charge on any atom is -0.497 e. The first kappa shape index (κ1) is 9.89. The molecule has 0 aliphatic rings. The normalized spacial score (nSPS) is 15.2. The molecule has 0 aromatic heterocycles. The average Bonchev–Trinajstić information content (AvgIpc) is 2.53. The molecule has 0 bridgehead atoms. The number of benzene rings is 2. The van der Waals surface area contributed by atoms with Crippen molar-refractivity contribution in [1.29, 1.82) is 0 Å². The Hall–Kier alpha value is -2.09. The van der Waals surface area contributed by atoms with Crippen molar-refractivity contribution in [3.8, 4) is 5.75 Å². The third-order valence-electron chi connectivity index (χ3n) is 2.60. The molecule has 2 rings (SSSR count). The smallest absolute Gasteiger partial charge is 0.163 e. The number of hydrogen-bond acceptors (Lipinski definition) is 2. The molecule has 2 aromatic carbocycles. The maximum absolute atomic E-state index is 12.2. The third kappa shape index (κ3) is 3.20. The molecule has 0 saturated carbocycles. The van der Waals surface area contributed by atoms with Crippen molar-refractivity contribution in [3.05, 3.63) is 65.7 Å². The fraction of sp³-hybridized carbons (Fsp3) is 0.188. The Labute approximate surface area is 110 Å². The number of ketones is 1. The van der Waals surface area contributed by atoms with E-state index in [1.54, 1.807) is 55.6 Å². The van der Waals surface area contributed by atoms with E-state index in [2.05, 4.69) is 0 Å². The third-order valence-corrected chi connectivity index (χ3v) is 2.60. The van der Waals surface area contributed by atoms with E-state index in [9.17, 15) is 4.79 Å². The van der Waals surface area contributed by atoms with E-state index in [-0.39, 0.29) is 5.78 Å². The van der Waals surface area contributed by atoms with Crippen molar-refractivity contribution < 1.29 is 12.3 Å². The predicted octanol–water partition coefficient (Wildman–Crippen LogP) is 3.51. The summed E-state index contributed by atoms with van der Waals surface area (Å²) >= 11 is 0. The van der Waals surface area contributed by atoms with Gasteiger partial charge >= 0.3 is 0 Å². The number of methoxy groups -OCH3 is 1. The van der Waals surface area contributed by atoms with Gasteiger partial charge in [0.25, 0.3) is 0 Å². The largest absolute Gasteiger partial charge is 0.497 e. The van der Waals surface area contributed by atoms with Crippen LogP contribution in [0.5, 0.6) is 5.75 Å². The molecule has 0 amide bonds. The lowest BCUT2D eigenvalue weighted by atomic mass is 10.0. The Balaban J connectivity index is 2.15. The highest BCUT2D eigenvalue weighted by atomic mass is 16.5. The van der Waals surface area contributed by atoms with Gasteiger partial charge in [0, 0.05) is 14.7 Å². The van der Waals surface area contributed by atoms with Crippen molar-refractivity contribution >= 4 is 5.78 Å². The van der Waals surface area contributed by atoms with Crippen LogP contribution >= 0.6 is 0 Å². The summed E-state index contributed by atoms with van der Waals surface area (Å²) in [4.78, 5) is 12.2. The Morgan fingerprint density at radius 1 is 1.11 bits per heavy atom. The zero-order valence-electron chi connectivity index (χ0n) is 12.2. The lowest BCUT2D eigenvalue weighted by Crippen LogP contribution is -2.01. The van der Waals surface area contributed by atoms with E-state index >= 15 is 0 Å². The van der Waals surface area contributed by atoms with E-state index in [0.29, 0.717) is 16.9 Å². The molecule has 0 saturated heterocycles. The summed E-state index contributed by atoms with van der Waals surface area (Å²) in [6, 6.07) is 15.6. The molecule has 2 nitrogen and oxygen atoms in total. The van der Waals surface area contributed by atoms with E-state index in [1.165, 1.54) is 0 Å². The van der Waals surface area contributed by atoms with Gasteiger partial charge < -0.3 is 4.74 Å². The van der Waals surface area contributed by atoms with Crippen LogP contribution in [0.2, 0.25) is 0 Å². The summed E-state index contributed by atoms with van der Waals surface area (Å²) in [6.07, 6.45) is -2.02. The Kier molecular flexibility index (Phi) is 3.30. The molecule has 2 heteroatoms. The van der Waals surface area contributed by atoms with Crippen LogP contribution in [0.3, 0.4) is 0 Å². The molecule has 0 N–H and O–H groups in total. The van der Waals surface area contributed by atoms with Gasteiger partial charge in [0.2, 0.25) is 0 Å². The summed E-state index contributed by atoms with van der Waals surface area (Å²) in [6.45, 7) is 0. The number of Topliss-reactive ketones (excluding diaryl/α,β-unsaturated/α-hetero) is 1. The monoisotopic (exact) mass is 242 g/mol. The predicted molar refractivity (Wildman–Crippen MR) is 72.1 cm³/mol. The van der Waals surface area contributed by atoms with Gasteiger partial charge in [-0.25, -0.2) is 0 Å². The fourth-order valence-corrected chi connectivity index (χ4v) is 1.59. The van der Waals surface area contributed by atoms with Crippen LogP contribution < -0.4 is 4.74 Å². The highest BCUT2D eigenvalue weighted by molar-refractivity contribution is 5.96. The number of aryl methyl sites for hydroxylation is 1. The average molecular weight is 242 g/mol. The van der Waals surface area contributed by atoms with Gasteiger partial charge in [0.1, 0.15) is 5.75 Å². The quantitative estimate of drug-likeness (QED) is 0.750. The first-order valence-electron chi connectivity index (χ1n) is 6.86. The van der Waals surface area contributed by atoms with Gasteiger partial charge in [0.05, 0.1) is 7.11 Å². The van der Waals surface area contributed by atoms with Crippen LogP contribution in [-0.4, -0.2) is 12.9 Å². The molecule has 0 fully saturated rings. The van der Waals surface area contributed by atoms with Crippen molar-refractivity contribution in [2.75, 3.05) is 7.11 Å². The number of rotatable bonds is 5. The van der Waals surface area contributed by atoms with Crippen LogP contribution in [0, 0.1) is 0 Å². The molecule has 92 valence electrons. The van der Waals surface area contributed by atoms with E-state index in [0.717, 1.165) is 0 Å². The van der Waals surface area contributed by atoms with Gasteiger partial charge in [-0.2, -0.15) is 0 Å². The van der Waals surface area contributed by atoms with Gasteiger partial charge in [-0.05, 0) is 36.2 Å². The number of carbonyl (C=O) groups is 1. The van der Waals surface area contributed by atoms with Crippen molar-refractivity contribution in [2.24, 2.45) is 0 Å². The first-order valence-corrected chi connectivity index (χ1v) is 5.71. The summed E-state index contributed by atoms with van der Waals surface area (Å²) < 4.78 is 21.1. The van der Waals surface area contributed by atoms with Crippen LogP contribution in [0.1, 0.15) is 25.1 Å². The molecule has 2 aromatic rings. The van der Waals surface area contributed by atoms with E-state index < -0.39 is 12.8 Å². The molecular weight excluding hydrogens is 224 g/mol. The lowest BCUT2D eigenvalue weighted by Gasteiger charge is -2.03. The minimum atomic E-state index is -1.13. The Morgan fingerprint density at radius 2 is 1.78 bits per heavy atom. The van der Waals surface area contributed by atoms with Crippen LogP contribution in [0.25, 0.3) is 0 Å². The molecule has 0 aliphatic heterocycles. The Morgan fingerprint density at radius 3 is 2.39 bits per heavy atom. The maximum atomic E-state index is 12.2. The van der Waals surface area contributed by atoms with Crippen LogP contribution in [-0.2, 0) is 6.40 Å². The molecule has 0 aliphatic carbocycles. The molecule has 18 heavy (non-hydrogen) atoms. The highest BCUT2D eigenvalue weighted by Crippen LogP contribution is 2.14. The maximum Gasteiger partial charge on any atom is 0.163 e. The zero-order valence-corrected chi connectivity index (χ0v) is 10.2. The summed E-state index contributed by atoms with van der Waals surface area (Å²) in [5.74, 6) is 0.310. The van der Waals surface area contributed by atoms with Crippen LogP contribution in [0.4, 0.5) is 0 Å².